The number of ether oxygens (including phenoxy) is 1. The Balaban J connectivity index is 2.16. The van der Waals surface area contributed by atoms with Crippen molar-refractivity contribution in [2.45, 2.75) is 32.1 Å². The molecule has 1 aliphatic rings. The summed E-state index contributed by atoms with van der Waals surface area (Å²) in [6, 6.07) is 5.82. The predicted molar refractivity (Wildman–Crippen MR) is 76.1 cm³/mol. The van der Waals surface area contributed by atoms with E-state index in [1.807, 2.05) is 18.2 Å². The number of methoxy groups -OCH3 is 1. The summed E-state index contributed by atoms with van der Waals surface area (Å²) >= 11 is 6.10. The predicted octanol–water partition coefficient (Wildman–Crippen LogP) is 4.29. The lowest BCUT2D eigenvalue weighted by Gasteiger charge is -2.23. The van der Waals surface area contributed by atoms with Gasteiger partial charge in [0.25, 0.3) is 0 Å². The monoisotopic (exact) mass is 265 g/mol. The first kappa shape index (κ1) is 13.4. The van der Waals surface area contributed by atoms with Crippen LogP contribution in [0.3, 0.4) is 0 Å². The maximum Gasteiger partial charge on any atom is 0.213 e. The average Bonchev–Trinajstić information content (AvgIpc) is 2.46. The number of pyridine rings is 1. The summed E-state index contributed by atoms with van der Waals surface area (Å²) in [6.07, 6.45) is 8.68. The van der Waals surface area contributed by atoms with Crippen LogP contribution in [0.4, 0.5) is 0 Å². The van der Waals surface area contributed by atoms with Crippen LogP contribution >= 0.6 is 11.6 Å². The third-order valence-electron chi connectivity index (χ3n) is 3.57. The molecule has 0 saturated heterocycles. The molecule has 0 N–H and O–H groups in total. The molecule has 0 radical (unpaired) electrons. The van der Waals surface area contributed by atoms with Crippen LogP contribution < -0.4 is 4.74 Å². The fourth-order valence-electron chi connectivity index (χ4n) is 2.55. The van der Waals surface area contributed by atoms with E-state index in [0.717, 1.165) is 5.69 Å². The lowest BCUT2D eigenvalue weighted by Crippen LogP contribution is -2.10. The van der Waals surface area contributed by atoms with Crippen LogP contribution in [-0.4, -0.2) is 18.0 Å². The maximum absolute atomic E-state index is 6.10. The highest BCUT2D eigenvalue weighted by Crippen LogP contribution is 2.31. The molecule has 0 aliphatic heterocycles. The normalized spacial score (nSPS) is 17.8. The third kappa shape index (κ3) is 3.49. The summed E-state index contributed by atoms with van der Waals surface area (Å²) in [5.41, 5.74) is 2.26. The SMILES string of the molecule is COc1cccc(/C=C(/CCl)C2CCCCC2)n1. The average molecular weight is 266 g/mol. The van der Waals surface area contributed by atoms with Crippen LogP contribution in [0.15, 0.2) is 23.8 Å². The van der Waals surface area contributed by atoms with Crippen molar-refractivity contribution in [3.63, 3.8) is 0 Å². The second-order valence-corrected chi connectivity index (χ2v) is 5.06. The standard InChI is InChI=1S/C15H20ClNO/c1-18-15-9-5-8-14(17-15)10-13(11-16)12-6-3-2-4-7-12/h5,8-10,12H,2-4,6-7,11H2,1H3/b13-10-. The van der Waals surface area contributed by atoms with Crippen molar-refractivity contribution in [3.05, 3.63) is 29.5 Å². The van der Waals surface area contributed by atoms with E-state index in [0.29, 0.717) is 17.7 Å². The topological polar surface area (TPSA) is 22.1 Å². The third-order valence-corrected chi connectivity index (χ3v) is 3.88. The van der Waals surface area contributed by atoms with Gasteiger partial charge in [0.2, 0.25) is 5.88 Å². The molecule has 1 saturated carbocycles. The number of hydrogen-bond acceptors (Lipinski definition) is 2. The minimum atomic E-state index is 0.601. The Bertz CT molecular complexity index is 411. The van der Waals surface area contributed by atoms with Crippen LogP contribution in [0.1, 0.15) is 37.8 Å². The Kier molecular flexibility index (Phi) is 5.06. The van der Waals surface area contributed by atoms with Gasteiger partial charge in [-0.05, 0) is 30.9 Å². The van der Waals surface area contributed by atoms with Crippen LogP contribution in [-0.2, 0) is 0 Å². The number of allylic oxidation sites excluding steroid dienone is 1. The zero-order valence-electron chi connectivity index (χ0n) is 10.9. The molecule has 1 aliphatic carbocycles. The summed E-state index contributed by atoms with van der Waals surface area (Å²) < 4.78 is 5.14. The quantitative estimate of drug-likeness (QED) is 0.758. The zero-order valence-corrected chi connectivity index (χ0v) is 11.6. The first-order valence-electron chi connectivity index (χ1n) is 6.61. The van der Waals surface area contributed by atoms with E-state index in [-0.39, 0.29) is 0 Å². The van der Waals surface area contributed by atoms with Gasteiger partial charge in [-0.3, -0.25) is 0 Å². The molecule has 98 valence electrons. The molecule has 3 heteroatoms. The van der Waals surface area contributed by atoms with Gasteiger partial charge in [-0.15, -0.1) is 11.6 Å². The molecule has 0 amide bonds. The zero-order chi connectivity index (χ0) is 12.8. The Morgan fingerprint density at radius 3 is 2.83 bits per heavy atom. The van der Waals surface area contributed by atoms with Gasteiger partial charge in [-0.1, -0.05) is 30.9 Å². The molecular weight excluding hydrogens is 246 g/mol. The molecule has 1 heterocycles. The lowest BCUT2D eigenvalue weighted by molar-refractivity contribution is 0.397. The molecule has 2 nitrogen and oxygen atoms in total. The Morgan fingerprint density at radius 2 is 2.17 bits per heavy atom. The van der Waals surface area contributed by atoms with Crippen molar-refractivity contribution >= 4 is 17.7 Å². The van der Waals surface area contributed by atoms with E-state index in [1.54, 1.807) is 7.11 Å². The fourth-order valence-corrected chi connectivity index (χ4v) is 2.85. The molecule has 0 bridgehead atoms. The van der Waals surface area contributed by atoms with Crippen molar-refractivity contribution in [1.29, 1.82) is 0 Å². The van der Waals surface area contributed by atoms with Crippen molar-refractivity contribution in [3.8, 4) is 5.88 Å². The van der Waals surface area contributed by atoms with Gasteiger partial charge in [-0.2, -0.15) is 0 Å². The molecule has 0 unspecified atom stereocenters. The molecule has 0 spiro atoms. The highest BCUT2D eigenvalue weighted by atomic mass is 35.5. The van der Waals surface area contributed by atoms with Crippen LogP contribution in [0.5, 0.6) is 5.88 Å². The van der Waals surface area contributed by atoms with E-state index in [4.69, 9.17) is 16.3 Å². The summed E-state index contributed by atoms with van der Waals surface area (Å²) in [5.74, 6) is 1.90. The van der Waals surface area contributed by atoms with Gasteiger partial charge < -0.3 is 4.74 Å². The summed E-state index contributed by atoms with van der Waals surface area (Å²) in [6.45, 7) is 0. The molecule has 1 aromatic heterocycles. The smallest absolute Gasteiger partial charge is 0.213 e. The lowest BCUT2D eigenvalue weighted by atomic mass is 9.84. The second kappa shape index (κ2) is 6.79. The Hall–Kier alpha value is -1.02. The van der Waals surface area contributed by atoms with E-state index < -0.39 is 0 Å². The minimum Gasteiger partial charge on any atom is -0.481 e. The Labute approximate surface area is 114 Å². The molecular formula is C15H20ClNO. The number of halogens is 1. The van der Waals surface area contributed by atoms with Crippen LogP contribution in [0.25, 0.3) is 6.08 Å². The van der Waals surface area contributed by atoms with Gasteiger partial charge in [0.05, 0.1) is 12.8 Å². The summed E-state index contributed by atoms with van der Waals surface area (Å²) in [5, 5.41) is 0. The number of nitrogens with zero attached hydrogens (tertiary/aromatic N) is 1. The number of hydrogen-bond donors (Lipinski definition) is 0. The van der Waals surface area contributed by atoms with Crippen LogP contribution in [0, 0.1) is 5.92 Å². The van der Waals surface area contributed by atoms with Gasteiger partial charge in [-0.25, -0.2) is 4.98 Å². The van der Waals surface area contributed by atoms with Crippen molar-refractivity contribution in [1.82, 2.24) is 4.98 Å². The highest BCUT2D eigenvalue weighted by molar-refractivity contribution is 6.19. The molecule has 1 aromatic rings. The van der Waals surface area contributed by atoms with Gasteiger partial charge in [0.15, 0.2) is 0 Å². The fraction of sp³-hybridized carbons (Fsp3) is 0.533. The first-order chi connectivity index (χ1) is 8.83. The maximum atomic E-state index is 6.10. The largest absolute Gasteiger partial charge is 0.481 e. The number of rotatable bonds is 4. The first-order valence-corrected chi connectivity index (χ1v) is 7.14. The summed E-state index contributed by atoms with van der Waals surface area (Å²) in [4.78, 5) is 4.42. The van der Waals surface area contributed by atoms with E-state index in [2.05, 4.69) is 11.1 Å². The van der Waals surface area contributed by atoms with Gasteiger partial charge >= 0.3 is 0 Å². The molecule has 0 atom stereocenters. The number of alkyl halides is 1. The molecule has 1 fully saturated rings. The van der Waals surface area contributed by atoms with E-state index >= 15 is 0 Å². The minimum absolute atomic E-state index is 0.601. The van der Waals surface area contributed by atoms with Crippen molar-refractivity contribution in [2.75, 3.05) is 13.0 Å². The van der Waals surface area contributed by atoms with Gasteiger partial charge in [0.1, 0.15) is 0 Å². The Morgan fingerprint density at radius 1 is 1.39 bits per heavy atom. The van der Waals surface area contributed by atoms with Crippen molar-refractivity contribution in [2.24, 2.45) is 5.92 Å². The van der Waals surface area contributed by atoms with E-state index in [9.17, 15) is 0 Å². The number of aromatic nitrogens is 1. The molecule has 2 rings (SSSR count). The van der Waals surface area contributed by atoms with Crippen LogP contribution in [0.2, 0.25) is 0 Å². The van der Waals surface area contributed by atoms with Gasteiger partial charge in [0, 0.05) is 11.9 Å². The second-order valence-electron chi connectivity index (χ2n) is 4.79. The molecule has 0 aromatic carbocycles. The highest BCUT2D eigenvalue weighted by Gasteiger charge is 2.17. The van der Waals surface area contributed by atoms with Crippen molar-refractivity contribution < 1.29 is 4.74 Å². The summed E-state index contributed by atoms with van der Waals surface area (Å²) in [7, 11) is 1.64. The molecule has 18 heavy (non-hydrogen) atoms. The van der Waals surface area contributed by atoms with E-state index in [1.165, 1.54) is 37.7 Å².